The summed E-state index contributed by atoms with van der Waals surface area (Å²) >= 11 is 6.39. The summed E-state index contributed by atoms with van der Waals surface area (Å²) in [4.78, 5) is 18.2. The lowest BCUT2D eigenvalue weighted by Crippen LogP contribution is -2.51. The Hall–Kier alpha value is -2.41. The Morgan fingerprint density at radius 3 is 2.53 bits per heavy atom. The number of methoxy groups -OCH3 is 1. The third kappa shape index (κ3) is 9.22. The van der Waals surface area contributed by atoms with Gasteiger partial charge < -0.3 is 23.8 Å². The number of nitrogens with one attached hydrogen (secondary N) is 1. The maximum Gasteiger partial charge on any atom is 0.264 e. The van der Waals surface area contributed by atoms with Crippen LogP contribution in [0.15, 0.2) is 36.4 Å². The highest BCUT2D eigenvalue weighted by atomic mass is 35.5. The zero-order valence-corrected chi connectivity index (χ0v) is 32.2. The van der Waals surface area contributed by atoms with Gasteiger partial charge in [-0.05, 0) is 118 Å². The molecule has 1 N–H and O–H groups in total. The van der Waals surface area contributed by atoms with Gasteiger partial charge in [0.1, 0.15) is 12.4 Å². The molecule has 5 atom stereocenters. The number of carbonyl (C=O) groups excluding carboxylic acids is 1. The van der Waals surface area contributed by atoms with E-state index in [9.17, 15) is 13.2 Å². The molecule has 1 aliphatic carbocycles. The summed E-state index contributed by atoms with van der Waals surface area (Å²) in [6.45, 7) is 8.32. The van der Waals surface area contributed by atoms with Crippen LogP contribution < -0.4 is 14.4 Å². The fraction of sp³-hybridized carbons (Fsp3) is 0.667. The number of fused-ring (bicyclic) bond motifs is 3. The van der Waals surface area contributed by atoms with Crippen molar-refractivity contribution in [1.29, 1.82) is 0 Å². The molecule has 0 radical (unpaired) electrons. The number of nitrogens with zero attached hydrogens (tertiary/aromatic N) is 2. The summed E-state index contributed by atoms with van der Waals surface area (Å²) in [5.74, 6) is 0.948. The number of carbonyl (C=O) groups is 1. The predicted octanol–water partition coefficient (Wildman–Crippen LogP) is 6.29. The lowest BCUT2D eigenvalue weighted by Gasteiger charge is -2.48. The van der Waals surface area contributed by atoms with Crippen molar-refractivity contribution in [1.82, 2.24) is 9.62 Å². The topological polar surface area (TPSA) is 107 Å². The molecule has 3 aliphatic heterocycles. The molecule has 282 valence electrons. The van der Waals surface area contributed by atoms with Crippen LogP contribution in [0, 0.1) is 23.7 Å². The van der Waals surface area contributed by atoms with Crippen molar-refractivity contribution in [2.24, 2.45) is 23.7 Å². The van der Waals surface area contributed by atoms with E-state index in [4.69, 9.17) is 30.5 Å². The van der Waals surface area contributed by atoms with Crippen LogP contribution in [0.25, 0.3) is 0 Å². The summed E-state index contributed by atoms with van der Waals surface area (Å²) < 4.78 is 54.3. The van der Waals surface area contributed by atoms with Gasteiger partial charge in [-0.25, -0.2) is 13.1 Å². The highest BCUT2D eigenvalue weighted by Gasteiger charge is 2.44. The van der Waals surface area contributed by atoms with Crippen molar-refractivity contribution >= 4 is 33.2 Å². The van der Waals surface area contributed by atoms with Crippen LogP contribution >= 0.6 is 11.6 Å². The Bertz CT molecular complexity index is 1600. The van der Waals surface area contributed by atoms with Crippen molar-refractivity contribution in [3.05, 3.63) is 58.1 Å². The molecular formula is C39H56ClN3O7S. The maximum absolute atomic E-state index is 13.6. The first-order valence-electron chi connectivity index (χ1n) is 18.8. The highest BCUT2D eigenvalue weighted by molar-refractivity contribution is 7.90. The fourth-order valence-corrected chi connectivity index (χ4v) is 9.73. The Kier molecular flexibility index (Phi) is 12.9. The molecule has 2 aromatic rings. The maximum atomic E-state index is 13.6. The molecular weight excluding hydrogens is 690 g/mol. The standard InChI is InChI=1S/C39H56ClN3O7S/c1-26-8-7-10-35(39-49-24-33(25-50-39)42(3)18-19-47-4)34-15-12-30(34)22-43-17-6-5-9-28-20-32(40)14-11-31(28)23-48-37-16-13-29(21-36(37)43)38(44)41-51(45,46)27(26)2/h11,13-14,16,20-21,26-27,30,33-35,39H,5-10,12,15,17-19,22-25H2,1-4H3,(H,41,44)/t26-,27+,30-,33?,34+,35+,39?/m0/s1. The monoisotopic (exact) mass is 745 g/mol. The molecule has 2 bridgehead atoms. The van der Waals surface area contributed by atoms with E-state index in [1.54, 1.807) is 20.1 Å². The van der Waals surface area contributed by atoms with E-state index < -0.39 is 21.2 Å². The fourth-order valence-electron chi connectivity index (χ4n) is 8.22. The van der Waals surface area contributed by atoms with Gasteiger partial charge in [-0.15, -0.1) is 0 Å². The lowest BCUT2D eigenvalue weighted by atomic mass is 9.65. The van der Waals surface area contributed by atoms with Gasteiger partial charge >= 0.3 is 0 Å². The van der Waals surface area contributed by atoms with Gasteiger partial charge in [-0.1, -0.05) is 31.0 Å². The number of benzene rings is 2. The van der Waals surface area contributed by atoms with Crippen molar-refractivity contribution in [3.8, 4) is 5.75 Å². The Morgan fingerprint density at radius 1 is 0.980 bits per heavy atom. The number of sulfonamides is 1. The van der Waals surface area contributed by atoms with Gasteiger partial charge in [0.15, 0.2) is 6.29 Å². The van der Waals surface area contributed by atoms with Gasteiger partial charge in [-0.3, -0.25) is 9.69 Å². The first-order valence-corrected chi connectivity index (χ1v) is 20.7. The van der Waals surface area contributed by atoms with Crippen molar-refractivity contribution in [3.63, 3.8) is 0 Å². The zero-order valence-electron chi connectivity index (χ0n) is 30.7. The Balaban J connectivity index is 1.31. The number of amides is 1. The average molecular weight is 746 g/mol. The quantitative estimate of drug-likeness (QED) is 0.378. The summed E-state index contributed by atoms with van der Waals surface area (Å²) in [6, 6.07) is 11.4. The number of ether oxygens (including phenoxy) is 4. The van der Waals surface area contributed by atoms with Crippen molar-refractivity contribution in [2.75, 3.05) is 58.5 Å². The minimum atomic E-state index is -3.92. The number of rotatable bonds is 5. The molecule has 4 aliphatic rings. The van der Waals surface area contributed by atoms with Gasteiger partial charge in [0.05, 0.1) is 36.8 Å². The molecule has 1 amide bonds. The molecule has 2 aromatic carbocycles. The summed E-state index contributed by atoms with van der Waals surface area (Å²) in [7, 11) is -0.118. The van der Waals surface area contributed by atoms with Gasteiger partial charge in [0, 0.05) is 43.2 Å². The van der Waals surface area contributed by atoms with Gasteiger partial charge in [0.2, 0.25) is 10.0 Å². The minimum Gasteiger partial charge on any atom is -0.487 e. The van der Waals surface area contributed by atoms with Gasteiger partial charge in [0.25, 0.3) is 5.91 Å². The second-order valence-corrected chi connectivity index (χ2v) is 17.7. The van der Waals surface area contributed by atoms with Crippen LogP contribution in [0.4, 0.5) is 5.69 Å². The van der Waals surface area contributed by atoms with Crippen molar-refractivity contribution < 1.29 is 32.2 Å². The second-order valence-electron chi connectivity index (χ2n) is 15.2. The predicted molar refractivity (Wildman–Crippen MR) is 200 cm³/mol. The third-order valence-electron chi connectivity index (χ3n) is 12.0. The average Bonchev–Trinajstić information content (AvgIpc) is 3.14. The number of halogens is 1. The van der Waals surface area contributed by atoms with Crippen LogP contribution in [0.1, 0.15) is 80.3 Å². The summed E-state index contributed by atoms with van der Waals surface area (Å²) in [6.07, 6.45) is 7.22. The largest absolute Gasteiger partial charge is 0.487 e. The molecule has 0 unspecified atom stereocenters. The molecule has 0 spiro atoms. The number of hydrogen-bond donors (Lipinski definition) is 1. The SMILES string of the molecule is COCCN(C)C1COC([C@@H]2CCC[C@H](C)[C@@H](C)S(=O)(=O)NC(=O)c3ccc4c(c3)N(CCCCc3cc(Cl)ccc3CO4)C[C@@H]3CC[C@H]32)OC1. The van der Waals surface area contributed by atoms with E-state index in [1.807, 2.05) is 37.3 Å². The molecule has 1 saturated heterocycles. The van der Waals surface area contributed by atoms with E-state index in [-0.39, 0.29) is 24.2 Å². The second kappa shape index (κ2) is 17.2. The van der Waals surface area contributed by atoms with E-state index in [0.29, 0.717) is 54.6 Å². The number of hydrogen-bond acceptors (Lipinski definition) is 9. The van der Waals surface area contributed by atoms with E-state index in [2.05, 4.69) is 21.6 Å². The smallest absolute Gasteiger partial charge is 0.264 e. The van der Waals surface area contributed by atoms with Crippen LogP contribution in [0.2, 0.25) is 5.02 Å². The molecule has 6 rings (SSSR count). The van der Waals surface area contributed by atoms with Crippen LogP contribution in [0.5, 0.6) is 5.75 Å². The molecule has 0 aromatic heterocycles. The molecule has 12 heteroatoms. The van der Waals surface area contributed by atoms with Gasteiger partial charge in [-0.2, -0.15) is 0 Å². The molecule has 2 fully saturated rings. The van der Waals surface area contributed by atoms with Crippen LogP contribution in [-0.2, 0) is 37.3 Å². The van der Waals surface area contributed by atoms with E-state index in [0.717, 1.165) is 82.3 Å². The number of aryl methyl sites for hydroxylation is 1. The summed E-state index contributed by atoms with van der Waals surface area (Å²) in [5.41, 5.74) is 3.40. The Labute approximate surface area is 309 Å². The molecule has 51 heavy (non-hydrogen) atoms. The molecule has 1 saturated carbocycles. The van der Waals surface area contributed by atoms with E-state index >= 15 is 0 Å². The first kappa shape index (κ1) is 38.3. The van der Waals surface area contributed by atoms with Crippen LogP contribution in [-0.4, -0.2) is 90.4 Å². The minimum absolute atomic E-state index is 0.137. The van der Waals surface area contributed by atoms with Crippen LogP contribution in [0.3, 0.4) is 0 Å². The third-order valence-corrected chi connectivity index (χ3v) is 14.1. The number of anilines is 1. The number of likely N-dealkylation sites (N-methyl/N-ethyl adjacent to an activating group) is 1. The zero-order chi connectivity index (χ0) is 36.1. The summed E-state index contributed by atoms with van der Waals surface area (Å²) in [5, 5.41) is -0.0161. The Morgan fingerprint density at radius 2 is 1.78 bits per heavy atom. The highest BCUT2D eigenvalue weighted by Crippen LogP contribution is 2.46. The van der Waals surface area contributed by atoms with E-state index in [1.165, 1.54) is 5.56 Å². The molecule has 3 heterocycles. The first-order chi connectivity index (χ1) is 24.5. The lowest BCUT2D eigenvalue weighted by molar-refractivity contribution is -0.242. The normalized spacial score (nSPS) is 30.5. The van der Waals surface area contributed by atoms with Crippen molar-refractivity contribution in [2.45, 2.75) is 89.4 Å². The molecule has 10 nitrogen and oxygen atoms in total.